The Kier molecular flexibility index (Phi) is 6.29. The molecule has 1 fully saturated rings. The molecule has 0 bridgehead atoms. The Bertz CT molecular complexity index is 891. The van der Waals surface area contributed by atoms with Crippen LogP contribution in [0.5, 0.6) is 0 Å². The highest BCUT2D eigenvalue weighted by Gasteiger charge is 2.32. The normalized spacial score (nSPS) is 16.2. The van der Waals surface area contributed by atoms with Crippen molar-refractivity contribution in [2.24, 2.45) is 5.92 Å². The molecule has 2 aromatic rings. The van der Waals surface area contributed by atoms with E-state index >= 15 is 0 Å². The summed E-state index contributed by atoms with van der Waals surface area (Å²) in [4.78, 5) is 16.8. The molecule has 2 heterocycles. The summed E-state index contributed by atoms with van der Waals surface area (Å²) in [6.07, 6.45) is 2.72. The molecule has 0 aliphatic carbocycles. The highest BCUT2D eigenvalue weighted by molar-refractivity contribution is 9.10. The van der Waals surface area contributed by atoms with Gasteiger partial charge in [-0.05, 0) is 55.7 Å². The van der Waals surface area contributed by atoms with Gasteiger partial charge in [-0.3, -0.25) is 9.78 Å². The average Bonchev–Trinajstić information content (AvgIpc) is 2.66. The minimum atomic E-state index is -3.55. The standard InChI is InChI=1S/C19H22BrN3O3S/c1-14-10-16(20)12-18(11-14)27(25,26)23-8-5-15(6-9-23)19(24)22-13-17-4-2-3-7-21-17/h2-4,7,10-12,15H,5-6,8-9,13H2,1H3,(H,22,24). The van der Waals surface area contributed by atoms with Crippen LogP contribution in [0.1, 0.15) is 24.1 Å². The summed E-state index contributed by atoms with van der Waals surface area (Å²) >= 11 is 3.35. The first-order valence-electron chi connectivity index (χ1n) is 8.81. The Labute approximate surface area is 168 Å². The van der Waals surface area contributed by atoms with Crippen molar-refractivity contribution in [3.8, 4) is 0 Å². The number of rotatable bonds is 5. The van der Waals surface area contributed by atoms with Crippen LogP contribution in [0.2, 0.25) is 0 Å². The van der Waals surface area contributed by atoms with E-state index in [1.165, 1.54) is 4.31 Å². The van der Waals surface area contributed by atoms with Gasteiger partial charge in [-0.15, -0.1) is 0 Å². The van der Waals surface area contributed by atoms with Gasteiger partial charge < -0.3 is 5.32 Å². The maximum atomic E-state index is 12.9. The van der Waals surface area contributed by atoms with Crippen LogP contribution >= 0.6 is 15.9 Å². The molecular weight excluding hydrogens is 430 g/mol. The molecule has 8 heteroatoms. The summed E-state index contributed by atoms with van der Waals surface area (Å²) in [6.45, 7) is 2.93. The Hall–Kier alpha value is -1.77. The number of nitrogens with zero attached hydrogens (tertiary/aromatic N) is 2. The number of carbonyl (C=O) groups is 1. The van der Waals surface area contributed by atoms with Crippen LogP contribution in [-0.4, -0.2) is 36.7 Å². The Morgan fingerprint density at radius 2 is 2.00 bits per heavy atom. The van der Waals surface area contributed by atoms with Crippen LogP contribution in [0.3, 0.4) is 0 Å². The molecule has 0 atom stereocenters. The van der Waals surface area contributed by atoms with Crippen molar-refractivity contribution in [1.82, 2.24) is 14.6 Å². The summed E-state index contributed by atoms with van der Waals surface area (Å²) in [5.74, 6) is -0.222. The number of pyridine rings is 1. The van der Waals surface area contributed by atoms with Crippen molar-refractivity contribution in [1.29, 1.82) is 0 Å². The SMILES string of the molecule is Cc1cc(Br)cc(S(=O)(=O)N2CCC(C(=O)NCc3ccccn3)CC2)c1. The van der Waals surface area contributed by atoms with Crippen LogP contribution in [0, 0.1) is 12.8 Å². The first-order chi connectivity index (χ1) is 12.9. The largest absolute Gasteiger partial charge is 0.350 e. The first-order valence-corrected chi connectivity index (χ1v) is 11.0. The van der Waals surface area contributed by atoms with E-state index in [1.54, 1.807) is 18.3 Å². The van der Waals surface area contributed by atoms with Crippen molar-refractivity contribution in [3.63, 3.8) is 0 Å². The molecule has 6 nitrogen and oxygen atoms in total. The fourth-order valence-corrected chi connectivity index (χ4v) is 5.54. The predicted octanol–water partition coefficient (Wildman–Crippen LogP) is 2.87. The summed E-state index contributed by atoms with van der Waals surface area (Å²) in [7, 11) is -3.55. The molecular formula is C19H22BrN3O3S. The maximum Gasteiger partial charge on any atom is 0.243 e. The van der Waals surface area contributed by atoms with Gasteiger partial charge >= 0.3 is 0 Å². The Morgan fingerprint density at radius 1 is 1.26 bits per heavy atom. The summed E-state index contributed by atoms with van der Waals surface area (Å²) in [5, 5.41) is 2.89. The van der Waals surface area contributed by atoms with E-state index in [2.05, 4.69) is 26.2 Å². The van der Waals surface area contributed by atoms with Crippen LogP contribution in [0.4, 0.5) is 0 Å². The van der Waals surface area contributed by atoms with E-state index in [-0.39, 0.29) is 16.7 Å². The molecule has 1 aromatic heterocycles. The second-order valence-corrected chi connectivity index (χ2v) is 9.54. The molecule has 0 unspecified atom stereocenters. The monoisotopic (exact) mass is 451 g/mol. The minimum absolute atomic E-state index is 0.0454. The number of sulfonamides is 1. The minimum Gasteiger partial charge on any atom is -0.350 e. The summed E-state index contributed by atoms with van der Waals surface area (Å²) < 4.78 is 28.0. The molecule has 1 amide bonds. The van der Waals surface area contributed by atoms with Crippen LogP contribution < -0.4 is 5.32 Å². The molecule has 1 aromatic carbocycles. The maximum absolute atomic E-state index is 12.9. The summed E-state index contributed by atoms with van der Waals surface area (Å²) in [6, 6.07) is 10.7. The molecule has 0 radical (unpaired) electrons. The quantitative estimate of drug-likeness (QED) is 0.757. The van der Waals surface area contributed by atoms with Gasteiger partial charge in [-0.25, -0.2) is 8.42 Å². The highest BCUT2D eigenvalue weighted by Crippen LogP contribution is 2.26. The van der Waals surface area contributed by atoms with Gasteiger partial charge in [0.25, 0.3) is 0 Å². The van der Waals surface area contributed by atoms with E-state index in [1.807, 2.05) is 31.2 Å². The van der Waals surface area contributed by atoms with E-state index in [9.17, 15) is 13.2 Å². The molecule has 144 valence electrons. The fraction of sp³-hybridized carbons (Fsp3) is 0.368. The molecule has 3 rings (SSSR count). The van der Waals surface area contributed by atoms with Crippen molar-refractivity contribution in [2.45, 2.75) is 31.2 Å². The molecule has 0 saturated carbocycles. The lowest BCUT2D eigenvalue weighted by atomic mass is 9.97. The zero-order chi connectivity index (χ0) is 19.4. The smallest absolute Gasteiger partial charge is 0.243 e. The van der Waals surface area contributed by atoms with E-state index in [4.69, 9.17) is 0 Å². The number of piperidine rings is 1. The van der Waals surface area contributed by atoms with E-state index < -0.39 is 10.0 Å². The zero-order valence-electron chi connectivity index (χ0n) is 15.1. The second-order valence-electron chi connectivity index (χ2n) is 6.68. The van der Waals surface area contributed by atoms with Crippen LogP contribution in [0.15, 0.2) is 52.0 Å². The number of hydrogen-bond donors (Lipinski definition) is 1. The number of carbonyl (C=O) groups excluding carboxylic acids is 1. The first kappa shape index (κ1) is 20.0. The van der Waals surface area contributed by atoms with Gasteiger partial charge in [0, 0.05) is 29.7 Å². The van der Waals surface area contributed by atoms with Gasteiger partial charge in [0.1, 0.15) is 0 Å². The van der Waals surface area contributed by atoms with Crippen LogP contribution in [-0.2, 0) is 21.4 Å². The lowest BCUT2D eigenvalue weighted by Gasteiger charge is -2.30. The van der Waals surface area contributed by atoms with Gasteiger partial charge in [-0.1, -0.05) is 22.0 Å². The lowest BCUT2D eigenvalue weighted by molar-refractivity contribution is -0.126. The van der Waals surface area contributed by atoms with E-state index in [0.29, 0.717) is 32.5 Å². The zero-order valence-corrected chi connectivity index (χ0v) is 17.5. The third-order valence-corrected chi connectivity index (χ3v) is 6.98. The van der Waals surface area contributed by atoms with Gasteiger partial charge in [0.05, 0.1) is 17.1 Å². The number of nitrogens with one attached hydrogen (secondary N) is 1. The number of aromatic nitrogens is 1. The molecule has 27 heavy (non-hydrogen) atoms. The third kappa shape index (κ3) is 4.94. The Morgan fingerprint density at radius 3 is 2.63 bits per heavy atom. The molecule has 1 saturated heterocycles. The predicted molar refractivity (Wildman–Crippen MR) is 106 cm³/mol. The molecule has 0 spiro atoms. The number of amides is 1. The van der Waals surface area contributed by atoms with Gasteiger partial charge in [-0.2, -0.15) is 4.31 Å². The van der Waals surface area contributed by atoms with Crippen molar-refractivity contribution >= 4 is 31.9 Å². The van der Waals surface area contributed by atoms with Gasteiger partial charge in [0.2, 0.25) is 15.9 Å². The highest BCUT2D eigenvalue weighted by atomic mass is 79.9. The average molecular weight is 452 g/mol. The Balaban J connectivity index is 1.58. The second kappa shape index (κ2) is 8.50. The van der Waals surface area contributed by atoms with Crippen molar-refractivity contribution < 1.29 is 13.2 Å². The van der Waals surface area contributed by atoms with Crippen molar-refractivity contribution in [2.75, 3.05) is 13.1 Å². The molecule has 1 N–H and O–H groups in total. The molecule has 1 aliphatic rings. The number of benzene rings is 1. The number of halogens is 1. The van der Waals surface area contributed by atoms with Crippen molar-refractivity contribution in [3.05, 3.63) is 58.3 Å². The summed E-state index contributed by atoms with van der Waals surface area (Å²) in [5.41, 5.74) is 1.68. The van der Waals surface area contributed by atoms with E-state index in [0.717, 1.165) is 15.7 Å². The lowest BCUT2D eigenvalue weighted by Crippen LogP contribution is -2.42. The number of aryl methyl sites for hydroxylation is 1. The molecule has 1 aliphatic heterocycles. The van der Waals surface area contributed by atoms with Crippen LogP contribution in [0.25, 0.3) is 0 Å². The third-order valence-electron chi connectivity index (χ3n) is 4.65. The topological polar surface area (TPSA) is 79.4 Å². The van der Waals surface area contributed by atoms with Gasteiger partial charge in [0.15, 0.2) is 0 Å². The number of hydrogen-bond acceptors (Lipinski definition) is 4. The fourth-order valence-electron chi connectivity index (χ4n) is 3.18.